The molecule has 0 radical (unpaired) electrons. The van der Waals surface area contributed by atoms with Crippen molar-refractivity contribution in [3.05, 3.63) is 0 Å². The first kappa shape index (κ1) is 14.2. The highest BCUT2D eigenvalue weighted by atomic mass is 35.5. The summed E-state index contributed by atoms with van der Waals surface area (Å²) >= 11 is 5.39. The number of aliphatic hydroxyl groups is 1. The summed E-state index contributed by atoms with van der Waals surface area (Å²) in [5, 5.41) is 8.91. The van der Waals surface area contributed by atoms with Gasteiger partial charge in [-0.3, -0.25) is 0 Å². The Hall–Kier alpha value is 0.160. The summed E-state index contributed by atoms with van der Waals surface area (Å²) < 4.78 is 25.0. The van der Waals surface area contributed by atoms with Crippen molar-refractivity contribution in [2.24, 2.45) is 5.41 Å². The number of aliphatic hydroxyl groups excluding tert-OH is 1. The second-order valence-electron chi connectivity index (χ2n) is 4.00. The lowest BCUT2D eigenvalue weighted by Gasteiger charge is -2.21. The molecule has 0 saturated carbocycles. The number of rotatable bonds is 7. The molecule has 4 nitrogen and oxygen atoms in total. The molecule has 0 aromatic heterocycles. The Labute approximate surface area is 90.7 Å². The summed E-state index contributed by atoms with van der Waals surface area (Å²) in [6, 6.07) is 0. The molecule has 0 aromatic rings. The van der Waals surface area contributed by atoms with Gasteiger partial charge in [-0.05, 0) is 6.42 Å². The van der Waals surface area contributed by atoms with Crippen molar-refractivity contribution in [3.8, 4) is 0 Å². The van der Waals surface area contributed by atoms with Gasteiger partial charge in [0.25, 0.3) is 0 Å². The molecular weight excluding hydrogens is 226 g/mol. The van der Waals surface area contributed by atoms with E-state index in [2.05, 4.69) is 4.72 Å². The van der Waals surface area contributed by atoms with E-state index < -0.39 is 15.4 Å². The van der Waals surface area contributed by atoms with Crippen LogP contribution in [0.3, 0.4) is 0 Å². The Bertz CT molecular complexity index is 251. The number of alkyl halides is 1. The smallest absolute Gasteiger partial charge is 0.211 e. The summed E-state index contributed by atoms with van der Waals surface area (Å²) in [6.45, 7) is 3.77. The number of sulfonamides is 1. The van der Waals surface area contributed by atoms with E-state index in [-0.39, 0.29) is 18.9 Å². The lowest BCUT2D eigenvalue weighted by molar-refractivity contribution is 0.163. The van der Waals surface area contributed by atoms with Crippen LogP contribution in [-0.2, 0) is 10.0 Å². The summed E-state index contributed by atoms with van der Waals surface area (Å²) in [5.74, 6) is 0.377. The summed E-state index contributed by atoms with van der Waals surface area (Å²) in [5.41, 5.74) is -0.423. The summed E-state index contributed by atoms with van der Waals surface area (Å²) in [6.07, 6.45) is 0.441. The number of nitrogens with one attached hydrogen (secondary N) is 1. The molecule has 0 aliphatic rings. The second kappa shape index (κ2) is 5.90. The van der Waals surface area contributed by atoms with Crippen molar-refractivity contribution in [2.75, 3.05) is 24.8 Å². The Balaban J connectivity index is 4.00. The van der Waals surface area contributed by atoms with Crippen LogP contribution < -0.4 is 4.72 Å². The fourth-order valence-electron chi connectivity index (χ4n) is 0.678. The van der Waals surface area contributed by atoms with Gasteiger partial charge in [0.2, 0.25) is 10.0 Å². The van der Waals surface area contributed by atoms with Crippen molar-refractivity contribution in [2.45, 2.75) is 20.3 Å². The van der Waals surface area contributed by atoms with Crippen LogP contribution in [0.2, 0.25) is 0 Å². The van der Waals surface area contributed by atoms with Crippen LogP contribution in [0.15, 0.2) is 0 Å². The first-order valence-corrected chi connectivity index (χ1v) is 6.66. The van der Waals surface area contributed by atoms with Gasteiger partial charge in [-0.2, -0.15) is 0 Å². The lowest BCUT2D eigenvalue weighted by atomic mass is 9.96. The predicted molar refractivity (Wildman–Crippen MR) is 58.0 cm³/mol. The maximum Gasteiger partial charge on any atom is 0.211 e. The fourth-order valence-corrected chi connectivity index (χ4v) is 2.25. The molecule has 2 N–H and O–H groups in total. The van der Waals surface area contributed by atoms with Crippen molar-refractivity contribution in [3.63, 3.8) is 0 Å². The Morgan fingerprint density at radius 2 is 2.00 bits per heavy atom. The average molecular weight is 244 g/mol. The highest BCUT2D eigenvalue weighted by molar-refractivity contribution is 7.89. The molecule has 0 saturated heterocycles. The largest absolute Gasteiger partial charge is 0.396 e. The van der Waals surface area contributed by atoms with Crippen molar-refractivity contribution in [1.82, 2.24) is 4.72 Å². The summed E-state index contributed by atoms with van der Waals surface area (Å²) in [7, 11) is -3.23. The van der Waals surface area contributed by atoms with Gasteiger partial charge in [0.05, 0.1) is 5.75 Å². The predicted octanol–water partition coefficient (Wildman–Crippen LogP) is 0.553. The quantitative estimate of drug-likeness (QED) is 0.642. The Morgan fingerprint density at radius 3 is 2.43 bits per heavy atom. The number of halogens is 1. The Kier molecular flexibility index (Phi) is 5.97. The van der Waals surface area contributed by atoms with Gasteiger partial charge in [0, 0.05) is 24.4 Å². The van der Waals surface area contributed by atoms with Crippen LogP contribution in [0, 0.1) is 5.41 Å². The van der Waals surface area contributed by atoms with E-state index >= 15 is 0 Å². The third-order valence-electron chi connectivity index (χ3n) is 1.75. The highest BCUT2D eigenvalue weighted by Gasteiger charge is 2.19. The molecule has 0 bridgehead atoms. The molecule has 0 unspecified atom stereocenters. The van der Waals surface area contributed by atoms with Crippen LogP contribution >= 0.6 is 11.6 Å². The van der Waals surface area contributed by atoms with E-state index in [1.54, 1.807) is 13.8 Å². The SMILES string of the molecule is CC(C)(CO)CNS(=O)(=O)CCCCl. The van der Waals surface area contributed by atoms with Crippen LogP contribution in [0.4, 0.5) is 0 Å². The van der Waals surface area contributed by atoms with E-state index in [0.717, 1.165) is 0 Å². The molecule has 0 heterocycles. The highest BCUT2D eigenvalue weighted by Crippen LogP contribution is 2.11. The normalized spacial score (nSPS) is 13.1. The third-order valence-corrected chi connectivity index (χ3v) is 3.42. The minimum atomic E-state index is -3.23. The van der Waals surface area contributed by atoms with Crippen LogP contribution in [0.25, 0.3) is 0 Å². The van der Waals surface area contributed by atoms with Crippen LogP contribution in [0.5, 0.6) is 0 Å². The van der Waals surface area contributed by atoms with Gasteiger partial charge in [-0.15, -0.1) is 11.6 Å². The van der Waals surface area contributed by atoms with E-state index in [1.807, 2.05) is 0 Å². The van der Waals surface area contributed by atoms with E-state index in [4.69, 9.17) is 16.7 Å². The van der Waals surface area contributed by atoms with Crippen molar-refractivity contribution >= 4 is 21.6 Å². The first-order valence-electron chi connectivity index (χ1n) is 4.47. The topological polar surface area (TPSA) is 66.4 Å². The number of hydrogen-bond acceptors (Lipinski definition) is 3. The zero-order valence-corrected chi connectivity index (χ0v) is 10.2. The van der Waals surface area contributed by atoms with Gasteiger partial charge in [0.1, 0.15) is 0 Å². The van der Waals surface area contributed by atoms with Crippen molar-refractivity contribution in [1.29, 1.82) is 0 Å². The van der Waals surface area contributed by atoms with E-state index in [1.165, 1.54) is 0 Å². The first-order chi connectivity index (χ1) is 6.33. The molecule has 0 aliphatic heterocycles. The Morgan fingerprint density at radius 1 is 1.43 bits per heavy atom. The van der Waals surface area contributed by atoms with Crippen LogP contribution in [-0.4, -0.2) is 38.3 Å². The molecule has 0 aliphatic carbocycles. The number of hydrogen-bond donors (Lipinski definition) is 2. The van der Waals surface area contributed by atoms with Gasteiger partial charge >= 0.3 is 0 Å². The second-order valence-corrected chi connectivity index (χ2v) is 6.31. The average Bonchev–Trinajstić information content (AvgIpc) is 2.12. The molecule has 0 spiro atoms. The van der Waals surface area contributed by atoms with Crippen molar-refractivity contribution < 1.29 is 13.5 Å². The van der Waals surface area contributed by atoms with Gasteiger partial charge in [-0.25, -0.2) is 13.1 Å². The molecule has 0 aromatic carbocycles. The van der Waals surface area contributed by atoms with E-state index in [9.17, 15) is 8.42 Å². The lowest BCUT2D eigenvalue weighted by Crippen LogP contribution is -2.37. The molecule has 14 heavy (non-hydrogen) atoms. The van der Waals surface area contributed by atoms with Gasteiger partial charge in [-0.1, -0.05) is 13.8 Å². The zero-order chi connectivity index (χ0) is 11.2. The monoisotopic (exact) mass is 243 g/mol. The standard InChI is InChI=1S/C8H18ClNO3S/c1-8(2,7-11)6-10-14(12,13)5-3-4-9/h10-11H,3-7H2,1-2H3. The molecule has 0 amide bonds. The van der Waals surface area contributed by atoms with Gasteiger partial charge < -0.3 is 5.11 Å². The molecule has 0 fully saturated rings. The van der Waals surface area contributed by atoms with Gasteiger partial charge in [0.15, 0.2) is 0 Å². The molecule has 6 heteroatoms. The molecule has 0 rings (SSSR count). The zero-order valence-electron chi connectivity index (χ0n) is 8.59. The van der Waals surface area contributed by atoms with Crippen LogP contribution in [0.1, 0.15) is 20.3 Å². The fraction of sp³-hybridized carbons (Fsp3) is 1.00. The minimum absolute atomic E-state index is 0.0397. The maximum absolute atomic E-state index is 11.3. The van der Waals surface area contributed by atoms with E-state index in [0.29, 0.717) is 12.3 Å². The maximum atomic E-state index is 11.3. The molecule has 0 atom stereocenters. The molecule has 86 valence electrons. The minimum Gasteiger partial charge on any atom is -0.396 e. The summed E-state index contributed by atoms with van der Waals surface area (Å²) in [4.78, 5) is 0. The molecular formula is C8H18ClNO3S. The third kappa shape index (κ3) is 6.59.